The van der Waals surface area contributed by atoms with Crippen molar-refractivity contribution in [2.75, 3.05) is 20.3 Å². The van der Waals surface area contributed by atoms with Crippen LogP contribution < -0.4 is 14.2 Å². The van der Waals surface area contributed by atoms with E-state index in [0.29, 0.717) is 13.2 Å². The van der Waals surface area contributed by atoms with E-state index in [1.807, 2.05) is 43.3 Å². The smallest absolute Gasteiger partial charge is 0.161 e. The molecular formula is C17H19BrO3. The molecule has 0 saturated heterocycles. The van der Waals surface area contributed by atoms with E-state index in [0.717, 1.165) is 33.7 Å². The third kappa shape index (κ3) is 4.14. The summed E-state index contributed by atoms with van der Waals surface area (Å²) in [5, 5.41) is 0.775. The molecule has 0 atom stereocenters. The molecule has 0 bridgehead atoms. The molecule has 0 aliphatic heterocycles. The van der Waals surface area contributed by atoms with Crippen molar-refractivity contribution in [2.45, 2.75) is 12.3 Å². The second-order valence-corrected chi connectivity index (χ2v) is 5.11. The molecule has 0 amide bonds. The van der Waals surface area contributed by atoms with Crippen molar-refractivity contribution < 1.29 is 14.2 Å². The van der Waals surface area contributed by atoms with Gasteiger partial charge in [-0.3, -0.25) is 0 Å². The summed E-state index contributed by atoms with van der Waals surface area (Å²) in [6.07, 6.45) is 0. The Balaban J connectivity index is 1.91. The molecule has 2 aromatic rings. The molecule has 0 N–H and O–H groups in total. The van der Waals surface area contributed by atoms with Crippen molar-refractivity contribution in [3.8, 4) is 17.2 Å². The lowest BCUT2D eigenvalue weighted by Gasteiger charge is -2.14. The highest BCUT2D eigenvalue weighted by Crippen LogP contribution is 2.27. The molecule has 0 aliphatic carbocycles. The fourth-order valence-electron chi connectivity index (χ4n) is 2.06. The lowest BCUT2D eigenvalue weighted by Crippen LogP contribution is -2.11. The summed E-state index contributed by atoms with van der Waals surface area (Å²) in [6.45, 7) is 3.00. The summed E-state index contributed by atoms with van der Waals surface area (Å²) in [5.74, 6) is 2.39. The molecule has 4 heteroatoms. The van der Waals surface area contributed by atoms with Gasteiger partial charge < -0.3 is 14.2 Å². The third-order valence-electron chi connectivity index (χ3n) is 3.09. The molecule has 3 nitrogen and oxygen atoms in total. The van der Waals surface area contributed by atoms with Crippen molar-refractivity contribution in [3.63, 3.8) is 0 Å². The third-order valence-corrected chi connectivity index (χ3v) is 3.70. The molecule has 0 heterocycles. The van der Waals surface area contributed by atoms with Crippen molar-refractivity contribution in [3.05, 3.63) is 53.6 Å². The largest absolute Gasteiger partial charge is 0.493 e. The van der Waals surface area contributed by atoms with E-state index in [4.69, 9.17) is 14.2 Å². The summed E-state index contributed by atoms with van der Waals surface area (Å²) in [4.78, 5) is 0. The number of ether oxygens (including phenoxy) is 3. The van der Waals surface area contributed by atoms with Gasteiger partial charge in [0.15, 0.2) is 11.5 Å². The van der Waals surface area contributed by atoms with Crippen LogP contribution >= 0.6 is 15.9 Å². The van der Waals surface area contributed by atoms with E-state index in [9.17, 15) is 0 Å². The van der Waals surface area contributed by atoms with Gasteiger partial charge in [0.2, 0.25) is 0 Å². The fourth-order valence-corrected chi connectivity index (χ4v) is 2.50. The average Bonchev–Trinajstić information content (AvgIpc) is 2.52. The standard InChI is InChI=1S/C17H19BrO3/c1-13-6-5-7-14(12-18)17(13)21-11-10-20-16-9-4-3-8-15(16)19-2/h3-9H,10-12H2,1-2H3. The number of hydrogen-bond donors (Lipinski definition) is 0. The number of halogens is 1. The maximum atomic E-state index is 5.86. The highest BCUT2D eigenvalue weighted by Gasteiger charge is 2.06. The van der Waals surface area contributed by atoms with Gasteiger partial charge in [-0.25, -0.2) is 0 Å². The fraction of sp³-hybridized carbons (Fsp3) is 0.294. The molecule has 21 heavy (non-hydrogen) atoms. The number of alkyl halides is 1. The van der Waals surface area contributed by atoms with Crippen LogP contribution in [0.3, 0.4) is 0 Å². The number of aryl methyl sites for hydroxylation is 1. The SMILES string of the molecule is COc1ccccc1OCCOc1c(C)cccc1CBr. The number of methoxy groups -OCH3 is 1. The quantitative estimate of drug-likeness (QED) is 0.548. The van der Waals surface area contributed by atoms with E-state index < -0.39 is 0 Å². The molecular weight excluding hydrogens is 332 g/mol. The lowest BCUT2D eigenvalue weighted by molar-refractivity contribution is 0.210. The minimum atomic E-state index is 0.469. The van der Waals surface area contributed by atoms with Gasteiger partial charge in [0.05, 0.1) is 7.11 Å². The molecule has 112 valence electrons. The van der Waals surface area contributed by atoms with Crippen LogP contribution in [0.15, 0.2) is 42.5 Å². The van der Waals surface area contributed by atoms with Crippen LogP contribution in [0.4, 0.5) is 0 Å². The minimum absolute atomic E-state index is 0.469. The van der Waals surface area contributed by atoms with Gasteiger partial charge >= 0.3 is 0 Å². The number of para-hydroxylation sites is 3. The van der Waals surface area contributed by atoms with Gasteiger partial charge in [0, 0.05) is 10.9 Å². The molecule has 0 spiro atoms. The van der Waals surface area contributed by atoms with E-state index in [2.05, 4.69) is 22.0 Å². The number of benzene rings is 2. The first-order chi connectivity index (χ1) is 10.3. The van der Waals surface area contributed by atoms with E-state index in [-0.39, 0.29) is 0 Å². The van der Waals surface area contributed by atoms with Gasteiger partial charge in [0.1, 0.15) is 19.0 Å². The maximum absolute atomic E-state index is 5.86. The highest BCUT2D eigenvalue weighted by atomic mass is 79.9. The van der Waals surface area contributed by atoms with Crippen molar-refractivity contribution in [1.29, 1.82) is 0 Å². The normalized spacial score (nSPS) is 10.2. The maximum Gasteiger partial charge on any atom is 0.161 e. The Morgan fingerprint density at radius 3 is 2.33 bits per heavy atom. The van der Waals surface area contributed by atoms with Crippen LogP contribution in [0.2, 0.25) is 0 Å². The summed E-state index contributed by atoms with van der Waals surface area (Å²) < 4.78 is 16.8. The lowest BCUT2D eigenvalue weighted by atomic mass is 10.1. The van der Waals surface area contributed by atoms with Crippen LogP contribution in [0, 0.1) is 6.92 Å². The zero-order chi connectivity index (χ0) is 15.1. The summed E-state index contributed by atoms with van der Waals surface area (Å²) in [7, 11) is 1.63. The Bertz CT molecular complexity index is 584. The van der Waals surface area contributed by atoms with Gasteiger partial charge in [-0.2, -0.15) is 0 Å². The van der Waals surface area contributed by atoms with Crippen LogP contribution in [-0.2, 0) is 5.33 Å². The zero-order valence-corrected chi connectivity index (χ0v) is 13.9. The van der Waals surface area contributed by atoms with Gasteiger partial charge in [-0.1, -0.05) is 46.3 Å². The topological polar surface area (TPSA) is 27.7 Å². The summed E-state index contributed by atoms with van der Waals surface area (Å²) in [5.41, 5.74) is 2.27. The average molecular weight is 351 g/mol. The first-order valence-corrected chi connectivity index (χ1v) is 7.91. The van der Waals surface area contributed by atoms with Crippen molar-refractivity contribution in [2.24, 2.45) is 0 Å². The Morgan fingerprint density at radius 1 is 0.905 bits per heavy atom. The van der Waals surface area contributed by atoms with Crippen LogP contribution in [0.1, 0.15) is 11.1 Å². The highest BCUT2D eigenvalue weighted by molar-refractivity contribution is 9.08. The van der Waals surface area contributed by atoms with E-state index in [1.165, 1.54) is 0 Å². The van der Waals surface area contributed by atoms with Crippen molar-refractivity contribution in [1.82, 2.24) is 0 Å². The molecule has 0 unspecified atom stereocenters. The Kier molecular flexibility index (Phi) is 5.93. The molecule has 0 radical (unpaired) electrons. The molecule has 0 fully saturated rings. The monoisotopic (exact) mass is 350 g/mol. The zero-order valence-electron chi connectivity index (χ0n) is 12.3. The van der Waals surface area contributed by atoms with Crippen LogP contribution in [0.25, 0.3) is 0 Å². The molecule has 2 rings (SSSR count). The minimum Gasteiger partial charge on any atom is -0.493 e. The summed E-state index contributed by atoms with van der Waals surface area (Å²) in [6, 6.07) is 13.7. The molecule has 2 aromatic carbocycles. The molecule has 0 saturated carbocycles. The van der Waals surface area contributed by atoms with Gasteiger partial charge in [0.25, 0.3) is 0 Å². The second kappa shape index (κ2) is 7.93. The number of hydrogen-bond acceptors (Lipinski definition) is 3. The first kappa shape index (κ1) is 15.7. The van der Waals surface area contributed by atoms with Crippen LogP contribution in [-0.4, -0.2) is 20.3 Å². The summed E-state index contributed by atoms with van der Waals surface area (Å²) >= 11 is 3.48. The molecule has 0 aromatic heterocycles. The Hall–Kier alpha value is -1.68. The Labute approximate surface area is 134 Å². The van der Waals surface area contributed by atoms with Crippen LogP contribution in [0.5, 0.6) is 17.2 Å². The second-order valence-electron chi connectivity index (χ2n) is 4.54. The predicted molar refractivity (Wildman–Crippen MR) is 87.8 cm³/mol. The number of rotatable bonds is 7. The Morgan fingerprint density at radius 2 is 1.62 bits per heavy atom. The predicted octanol–water partition coefficient (Wildman–Crippen LogP) is 4.36. The first-order valence-electron chi connectivity index (χ1n) is 6.79. The van der Waals surface area contributed by atoms with Gasteiger partial charge in [-0.05, 0) is 24.6 Å². The van der Waals surface area contributed by atoms with E-state index in [1.54, 1.807) is 7.11 Å². The molecule has 0 aliphatic rings. The van der Waals surface area contributed by atoms with E-state index >= 15 is 0 Å². The van der Waals surface area contributed by atoms with Gasteiger partial charge in [-0.15, -0.1) is 0 Å². The van der Waals surface area contributed by atoms with Crippen molar-refractivity contribution >= 4 is 15.9 Å².